The van der Waals surface area contributed by atoms with Crippen LogP contribution in [0.4, 0.5) is 0 Å². The van der Waals surface area contributed by atoms with Crippen LogP contribution in [0.5, 0.6) is 0 Å². The SMILES string of the molecule is CCCCOC(C)COC(C)COC(C)COC(C)C(C)C. The van der Waals surface area contributed by atoms with Crippen LogP contribution in [0.25, 0.3) is 0 Å². The van der Waals surface area contributed by atoms with Crippen LogP contribution in [-0.4, -0.2) is 50.8 Å². The Kier molecular flexibility index (Phi) is 13.2. The standard InChI is InChI=1S/C18H38O4/c1-8-9-10-19-15(4)11-20-16(5)12-21-17(6)13-22-18(7)14(2)3/h14-18H,8-13H2,1-7H3. The molecule has 0 aliphatic heterocycles. The molecule has 0 rings (SSSR count). The minimum atomic E-state index is 0.0715. The molecule has 0 saturated heterocycles. The fraction of sp³-hybridized carbons (Fsp3) is 1.00. The molecule has 0 aliphatic rings. The van der Waals surface area contributed by atoms with E-state index in [1.165, 1.54) is 0 Å². The molecule has 4 nitrogen and oxygen atoms in total. The topological polar surface area (TPSA) is 36.9 Å². The molecule has 0 heterocycles. The fourth-order valence-corrected chi connectivity index (χ4v) is 1.65. The molecule has 22 heavy (non-hydrogen) atoms. The van der Waals surface area contributed by atoms with Crippen LogP contribution in [0.15, 0.2) is 0 Å². The van der Waals surface area contributed by atoms with Crippen molar-refractivity contribution >= 4 is 0 Å². The summed E-state index contributed by atoms with van der Waals surface area (Å²) in [5.41, 5.74) is 0. The third kappa shape index (κ3) is 12.4. The largest absolute Gasteiger partial charge is 0.376 e. The summed E-state index contributed by atoms with van der Waals surface area (Å²) in [6, 6.07) is 0. The van der Waals surface area contributed by atoms with Crippen LogP contribution in [0.2, 0.25) is 0 Å². The van der Waals surface area contributed by atoms with Gasteiger partial charge in [0.1, 0.15) is 0 Å². The number of hydrogen-bond donors (Lipinski definition) is 0. The maximum atomic E-state index is 5.77. The summed E-state index contributed by atoms with van der Waals surface area (Å²) in [7, 11) is 0. The highest BCUT2D eigenvalue weighted by Gasteiger charge is 2.12. The van der Waals surface area contributed by atoms with E-state index in [-0.39, 0.29) is 24.4 Å². The molecule has 0 fully saturated rings. The minimum absolute atomic E-state index is 0.0715. The average molecular weight is 318 g/mol. The predicted octanol–water partition coefficient (Wildman–Crippen LogP) is 4.06. The summed E-state index contributed by atoms with van der Waals surface area (Å²) in [6.45, 7) is 17.3. The molecule has 0 aromatic heterocycles. The fourth-order valence-electron chi connectivity index (χ4n) is 1.65. The van der Waals surface area contributed by atoms with Crippen LogP contribution in [0, 0.1) is 5.92 Å². The predicted molar refractivity (Wildman–Crippen MR) is 91.4 cm³/mol. The first-order valence-electron chi connectivity index (χ1n) is 8.83. The molecule has 0 aromatic rings. The van der Waals surface area contributed by atoms with Crippen LogP contribution in [0.1, 0.15) is 61.3 Å². The lowest BCUT2D eigenvalue weighted by molar-refractivity contribution is -0.0890. The van der Waals surface area contributed by atoms with Crippen molar-refractivity contribution in [3.05, 3.63) is 0 Å². The van der Waals surface area contributed by atoms with Gasteiger partial charge in [0.15, 0.2) is 0 Å². The highest BCUT2D eigenvalue weighted by molar-refractivity contribution is 4.58. The second kappa shape index (κ2) is 13.3. The summed E-state index contributed by atoms with van der Waals surface area (Å²) in [4.78, 5) is 0. The Bertz CT molecular complexity index is 245. The first-order valence-corrected chi connectivity index (χ1v) is 8.83. The van der Waals surface area contributed by atoms with Gasteiger partial charge < -0.3 is 18.9 Å². The molecular weight excluding hydrogens is 280 g/mol. The maximum Gasteiger partial charge on any atom is 0.0781 e. The Morgan fingerprint density at radius 2 is 1.09 bits per heavy atom. The van der Waals surface area contributed by atoms with Gasteiger partial charge >= 0.3 is 0 Å². The normalized spacial score (nSPS) is 17.5. The summed E-state index contributed by atoms with van der Waals surface area (Å²) in [5, 5.41) is 0. The van der Waals surface area contributed by atoms with Crippen molar-refractivity contribution in [1.29, 1.82) is 0 Å². The van der Waals surface area contributed by atoms with E-state index in [1.54, 1.807) is 0 Å². The highest BCUT2D eigenvalue weighted by atomic mass is 16.6. The molecule has 0 saturated carbocycles. The van der Waals surface area contributed by atoms with Gasteiger partial charge in [0, 0.05) is 6.61 Å². The lowest BCUT2D eigenvalue weighted by Crippen LogP contribution is -2.28. The smallest absolute Gasteiger partial charge is 0.0781 e. The number of ether oxygens (including phenoxy) is 4. The van der Waals surface area contributed by atoms with Gasteiger partial charge in [0.05, 0.1) is 44.2 Å². The molecule has 134 valence electrons. The Labute approximate surface area is 137 Å². The summed E-state index contributed by atoms with van der Waals surface area (Å²) >= 11 is 0. The molecule has 0 amide bonds. The van der Waals surface area contributed by atoms with Crippen molar-refractivity contribution in [1.82, 2.24) is 0 Å². The molecular formula is C18H38O4. The number of unbranched alkanes of at least 4 members (excludes halogenated alkanes) is 1. The molecule has 0 aromatic carbocycles. The highest BCUT2D eigenvalue weighted by Crippen LogP contribution is 2.07. The first-order chi connectivity index (χ1) is 10.4. The van der Waals surface area contributed by atoms with Gasteiger partial charge in [-0.2, -0.15) is 0 Å². The van der Waals surface area contributed by atoms with Gasteiger partial charge in [0.2, 0.25) is 0 Å². The Hall–Kier alpha value is -0.160. The van der Waals surface area contributed by atoms with Gasteiger partial charge in [-0.15, -0.1) is 0 Å². The van der Waals surface area contributed by atoms with E-state index in [9.17, 15) is 0 Å². The van der Waals surface area contributed by atoms with E-state index in [0.29, 0.717) is 25.7 Å². The molecule has 4 heteroatoms. The van der Waals surface area contributed by atoms with Crippen LogP contribution >= 0.6 is 0 Å². The molecule has 0 radical (unpaired) electrons. The third-order valence-electron chi connectivity index (χ3n) is 3.66. The first kappa shape index (κ1) is 21.8. The van der Waals surface area contributed by atoms with Gasteiger partial charge in [-0.3, -0.25) is 0 Å². The molecule has 0 N–H and O–H groups in total. The second-order valence-corrected chi connectivity index (χ2v) is 6.61. The van der Waals surface area contributed by atoms with Crippen molar-refractivity contribution in [3.8, 4) is 0 Å². The van der Waals surface area contributed by atoms with E-state index < -0.39 is 0 Å². The maximum absolute atomic E-state index is 5.77. The average Bonchev–Trinajstić information content (AvgIpc) is 2.48. The number of hydrogen-bond acceptors (Lipinski definition) is 4. The summed E-state index contributed by atoms with van der Waals surface area (Å²) in [5.74, 6) is 0.531. The molecule has 0 aliphatic carbocycles. The van der Waals surface area contributed by atoms with Gasteiger partial charge in [-0.1, -0.05) is 27.2 Å². The van der Waals surface area contributed by atoms with Crippen LogP contribution < -0.4 is 0 Å². The monoisotopic (exact) mass is 318 g/mol. The van der Waals surface area contributed by atoms with Crippen molar-refractivity contribution in [2.24, 2.45) is 5.92 Å². The quantitative estimate of drug-likeness (QED) is 0.453. The summed E-state index contributed by atoms with van der Waals surface area (Å²) < 4.78 is 23.0. The molecule has 4 atom stereocenters. The second-order valence-electron chi connectivity index (χ2n) is 6.61. The minimum Gasteiger partial charge on any atom is -0.376 e. The zero-order valence-corrected chi connectivity index (χ0v) is 15.8. The van der Waals surface area contributed by atoms with E-state index in [4.69, 9.17) is 18.9 Å². The van der Waals surface area contributed by atoms with Crippen LogP contribution in [0.3, 0.4) is 0 Å². The Balaban J connectivity index is 3.64. The van der Waals surface area contributed by atoms with Crippen molar-refractivity contribution in [3.63, 3.8) is 0 Å². The van der Waals surface area contributed by atoms with Gasteiger partial charge in [0.25, 0.3) is 0 Å². The molecule has 0 bridgehead atoms. The molecule has 4 unspecified atom stereocenters. The lowest BCUT2D eigenvalue weighted by Gasteiger charge is -2.22. The van der Waals surface area contributed by atoms with E-state index in [2.05, 4.69) is 27.7 Å². The van der Waals surface area contributed by atoms with Crippen LogP contribution in [-0.2, 0) is 18.9 Å². The van der Waals surface area contributed by atoms with Crippen molar-refractivity contribution < 1.29 is 18.9 Å². The zero-order valence-electron chi connectivity index (χ0n) is 15.8. The van der Waals surface area contributed by atoms with E-state index >= 15 is 0 Å². The lowest BCUT2D eigenvalue weighted by atomic mass is 10.1. The van der Waals surface area contributed by atoms with Crippen molar-refractivity contribution in [2.45, 2.75) is 85.7 Å². The molecule has 0 spiro atoms. The van der Waals surface area contributed by atoms with Gasteiger partial charge in [-0.25, -0.2) is 0 Å². The van der Waals surface area contributed by atoms with Gasteiger partial charge in [-0.05, 0) is 40.0 Å². The zero-order chi connectivity index (χ0) is 17.0. The summed E-state index contributed by atoms with van der Waals surface area (Å²) in [6.07, 6.45) is 2.83. The van der Waals surface area contributed by atoms with Crippen molar-refractivity contribution in [2.75, 3.05) is 26.4 Å². The number of rotatable bonds is 14. The van der Waals surface area contributed by atoms with E-state index in [1.807, 2.05) is 20.8 Å². The third-order valence-corrected chi connectivity index (χ3v) is 3.66. The Morgan fingerprint density at radius 3 is 1.55 bits per heavy atom. The van der Waals surface area contributed by atoms with E-state index in [0.717, 1.165) is 19.4 Å². The Morgan fingerprint density at radius 1 is 0.636 bits per heavy atom.